The number of esters is 1. The molecule has 0 bridgehead atoms. The predicted molar refractivity (Wildman–Crippen MR) is 65.6 cm³/mol. The minimum Gasteiger partial charge on any atom is -0.461 e. The molecule has 0 spiro atoms. The smallest absolute Gasteiger partial charge is 0.399 e. The summed E-state index contributed by atoms with van der Waals surface area (Å²) in [6, 6.07) is 2.93. The van der Waals surface area contributed by atoms with Gasteiger partial charge >= 0.3 is 17.7 Å². The topological polar surface area (TPSA) is 105 Å². The van der Waals surface area contributed by atoms with Crippen LogP contribution in [0.5, 0.6) is 11.8 Å². The van der Waals surface area contributed by atoms with E-state index in [1.54, 1.807) is 6.92 Å². The lowest BCUT2D eigenvalue weighted by Gasteiger charge is -2.00. The van der Waals surface area contributed by atoms with Gasteiger partial charge in [0.15, 0.2) is 5.69 Å². The first-order valence-electron chi connectivity index (χ1n) is 5.75. The molecule has 2 aromatic rings. The van der Waals surface area contributed by atoms with E-state index in [1.165, 1.54) is 6.07 Å². The van der Waals surface area contributed by atoms with E-state index in [2.05, 4.69) is 4.98 Å². The summed E-state index contributed by atoms with van der Waals surface area (Å²) in [5.74, 6) is -1.81. The van der Waals surface area contributed by atoms with Crippen LogP contribution < -0.4 is 4.74 Å². The van der Waals surface area contributed by atoms with E-state index in [-0.39, 0.29) is 24.1 Å². The number of carbonyl (C=O) groups is 1. The van der Waals surface area contributed by atoms with Crippen LogP contribution in [0, 0.1) is 15.9 Å². The van der Waals surface area contributed by atoms with E-state index in [9.17, 15) is 19.3 Å². The number of halogens is 1. The maximum atomic E-state index is 13.4. The Kier molecular flexibility index (Phi) is 4.12. The van der Waals surface area contributed by atoms with E-state index in [1.807, 2.05) is 0 Å². The van der Waals surface area contributed by atoms with Crippen LogP contribution in [-0.2, 0) is 4.74 Å². The Morgan fingerprint density at radius 3 is 2.90 bits per heavy atom. The number of rotatable bonds is 5. The van der Waals surface area contributed by atoms with Gasteiger partial charge < -0.3 is 13.9 Å². The van der Waals surface area contributed by atoms with Gasteiger partial charge in [0, 0.05) is 12.1 Å². The lowest BCUT2D eigenvalue weighted by Crippen LogP contribution is -2.04. The third kappa shape index (κ3) is 3.32. The van der Waals surface area contributed by atoms with Gasteiger partial charge in [-0.1, -0.05) is 0 Å². The Labute approximate surface area is 117 Å². The van der Waals surface area contributed by atoms with Crippen LogP contribution >= 0.6 is 0 Å². The SMILES string of the molecule is CCOC(=O)c1coc(Oc2ccc([N+](=O)[O-])c(F)c2)n1. The van der Waals surface area contributed by atoms with Crippen molar-refractivity contribution in [1.82, 2.24) is 4.98 Å². The number of nitro groups is 1. The summed E-state index contributed by atoms with van der Waals surface area (Å²) in [7, 11) is 0. The summed E-state index contributed by atoms with van der Waals surface area (Å²) in [4.78, 5) is 24.7. The number of carbonyl (C=O) groups excluding carboxylic acids is 1. The quantitative estimate of drug-likeness (QED) is 0.474. The number of ether oxygens (including phenoxy) is 2. The molecule has 0 N–H and O–H groups in total. The van der Waals surface area contributed by atoms with Crippen LogP contribution in [-0.4, -0.2) is 22.5 Å². The number of benzene rings is 1. The van der Waals surface area contributed by atoms with Crippen molar-refractivity contribution in [3.63, 3.8) is 0 Å². The molecule has 1 heterocycles. The molecule has 21 heavy (non-hydrogen) atoms. The second kappa shape index (κ2) is 5.99. The molecule has 0 aliphatic heterocycles. The maximum Gasteiger partial charge on any atom is 0.399 e. The van der Waals surface area contributed by atoms with Crippen molar-refractivity contribution in [2.45, 2.75) is 6.92 Å². The maximum absolute atomic E-state index is 13.4. The van der Waals surface area contributed by atoms with Gasteiger partial charge in [0.2, 0.25) is 5.82 Å². The molecule has 0 atom stereocenters. The highest BCUT2D eigenvalue weighted by Gasteiger charge is 2.17. The summed E-state index contributed by atoms with van der Waals surface area (Å²) in [6.07, 6.45) is 0.709. The largest absolute Gasteiger partial charge is 0.461 e. The van der Waals surface area contributed by atoms with Crippen LogP contribution in [0.4, 0.5) is 10.1 Å². The van der Waals surface area contributed by atoms with E-state index >= 15 is 0 Å². The van der Waals surface area contributed by atoms with Gasteiger partial charge in [-0.2, -0.15) is 9.37 Å². The predicted octanol–water partition coefficient (Wildman–Crippen LogP) is 2.69. The van der Waals surface area contributed by atoms with E-state index < -0.39 is 22.4 Å². The van der Waals surface area contributed by atoms with Gasteiger partial charge in [-0.05, 0) is 13.0 Å². The number of hydrogen-bond acceptors (Lipinski definition) is 7. The average Bonchev–Trinajstić information content (AvgIpc) is 2.87. The fourth-order valence-electron chi connectivity index (χ4n) is 1.40. The molecule has 0 saturated heterocycles. The van der Waals surface area contributed by atoms with Gasteiger partial charge in [-0.15, -0.1) is 0 Å². The van der Waals surface area contributed by atoms with Gasteiger partial charge in [0.1, 0.15) is 12.0 Å². The van der Waals surface area contributed by atoms with Crippen molar-refractivity contribution in [2.24, 2.45) is 0 Å². The van der Waals surface area contributed by atoms with Crippen molar-refractivity contribution in [1.29, 1.82) is 0 Å². The summed E-state index contributed by atoms with van der Waals surface area (Å²) >= 11 is 0. The molecule has 0 aliphatic carbocycles. The first-order chi connectivity index (χ1) is 10.0. The molecular formula is C12H9FN2O6. The molecular weight excluding hydrogens is 287 g/mol. The second-order valence-electron chi connectivity index (χ2n) is 3.69. The van der Waals surface area contributed by atoms with Crippen LogP contribution in [0.2, 0.25) is 0 Å². The molecule has 0 fully saturated rings. The third-order valence-corrected chi connectivity index (χ3v) is 2.29. The van der Waals surface area contributed by atoms with Crippen LogP contribution in [0.15, 0.2) is 28.9 Å². The molecule has 0 radical (unpaired) electrons. The van der Waals surface area contributed by atoms with Crippen molar-refractivity contribution in [2.75, 3.05) is 6.61 Å². The zero-order chi connectivity index (χ0) is 15.4. The molecule has 0 saturated carbocycles. The minimum absolute atomic E-state index is 0.0599. The standard InChI is InChI=1S/C12H9FN2O6/c1-2-19-11(16)9-6-20-12(14-9)21-7-3-4-10(15(17)18)8(13)5-7/h3-6H,2H2,1H3. The summed E-state index contributed by atoms with van der Waals surface area (Å²) < 4.78 is 28.0. The molecule has 0 unspecified atom stereocenters. The summed E-state index contributed by atoms with van der Waals surface area (Å²) in [5.41, 5.74) is -0.781. The molecule has 0 amide bonds. The highest BCUT2D eigenvalue weighted by molar-refractivity contribution is 5.86. The zero-order valence-corrected chi connectivity index (χ0v) is 10.7. The zero-order valence-electron chi connectivity index (χ0n) is 10.7. The van der Waals surface area contributed by atoms with Gasteiger partial charge in [0.05, 0.1) is 11.5 Å². The van der Waals surface area contributed by atoms with Gasteiger partial charge in [0.25, 0.3) is 0 Å². The Balaban J connectivity index is 2.14. The van der Waals surface area contributed by atoms with Gasteiger partial charge in [-0.25, -0.2) is 4.79 Å². The first-order valence-corrected chi connectivity index (χ1v) is 5.75. The van der Waals surface area contributed by atoms with Crippen molar-refractivity contribution in [3.05, 3.63) is 46.1 Å². The van der Waals surface area contributed by atoms with Crippen molar-refractivity contribution >= 4 is 11.7 Å². The monoisotopic (exact) mass is 296 g/mol. The minimum atomic E-state index is -1.06. The molecule has 1 aromatic carbocycles. The second-order valence-corrected chi connectivity index (χ2v) is 3.69. The van der Waals surface area contributed by atoms with Crippen LogP contribution in [0.25, 0.3) is 0 Å². The molecule has 9 heteroatoms. The van der Waals surface area contributed by atoms with E-state index in [4.69, 9.17) is 13.9 Å². The van der Waals surface area contributed by atoms with Crippen molar-refractivity contribution < 1.29 is 28.0 Å². The fourth-order valence-corrected chi connectivity index (χ4v) is 1.40. The Morgan fingerprint density at radius 2 is 2.29 bits per heavy atom. The number of nitro benzene ring substituents is 1. The Hall–Kier alpha value is -2.97. The lowest BCUT2D eigenvalue weighted by molar-refractivity contribution is -0.387. The highest BCUT2D eigenvalue weighted by atomic mass is 19.1. The van der Waals surface area contributed by atoms with Gasteiger partial charge in [-0.3, -0.25) is 10.1 Å². The van der Waals surface area contributed by atoms with Crippen molar-refractivity contribution in [3.8, 4) is 11.8 Å². The van der Waals surface area contributed by atoms with Crippen LogP contribution in [0.3, 0.4) is 0 Å². The summed E-state index contributed by atoms with van der Waals surface area (Å²) in [6.45, 7) is 1.81. The lowest BCUT2D eigenvalue weighted by atomic mass is 10.3. The molecule has 0 aliphatic rings. The van der Waals surface area contributed by atoms with Crippen LogP contribution in [0.1, 0.15) is 17.4 Å². The highest BCUT2D eigenvalue weighted by Crippen LogP contribution is 2.26. The number of hydrogen-bond donors (Lipinski definition) is 0. The number of aromatic nitrogens is 1. The Morgan fingerprint density at radius 1 is 1.52 bits per heavy atom. The number of oxazole rings is 1. The molecule has 110 valence electrons. The van der Waals surface area contributed by atoms with E-state index in [0.29, 0.717) is 0 Å². The Bertz CT molecular complexity index is 684. The van der Waals surface area contributed by atoms with E-state index in [0.717, 1.165) is 18.4 Å². The average molecular weight is 296 g/mol. The summed E-state index contributed by atoms with van der Waals surface area (Å²) in [5, 5.41) is 10.5. The fraction of sp³-hybridized carbons (Fsp3) is 0.167. The third-order valence-electron chi connectivity index (χ3n) is 2.29. The molecule has 2 rings (SSSR count). The molecule has 1 aromatic heterocycles. The first kappa shape index (κ1) is 14.4. The number of nitrogens with zero attached hydrogens (tertiary/aromatic N) is 2. The molecule has 8 nitrogen and oxygen atoms in total. The normalized spacial score (nSPS) is 10.2.